The molecule has 1 aliphatic heterocycles. The highest BCUT2D eigenvalue weighted by Crippen LogP contribution is 2.23. The van der Waals surface area contributed by atoms with Gasteiger partial charge in [-0.05, 0) is 13.8 Å². The normalized spacial score (nSPS) is 21.2. The van der Waals surface area contributed by atoms with Gasteiger partial charge in [0.1, 0.15) is 5.60 Å². The molecule has 0 spiro atoms. The predicted molar refractivity (Wildman–Crippen MR) is 52.3 cm³/mol. The first-order valence-corrected chi connectivity index (χ1v) is 4.46. The molecule has 0 aromatic rings. The largest absolute Gasteiger partial charge is 0.375 e. The van der Waals surface area contributed by atoms with Crippen LogP contribution in [0.2, 0.25) is 0 Å². The van der Waals surface area contributed by atoms with E-state index in [1.54, 1.807) is 7.11 Å². The summed E-state index contributed by atoms with van der Waals surface area (Å²) in [5.74, 6) is 6.08. The van der Waals surface area contributed by atoms with Gasteiger partial charge in [0.25, 0.3) is 0 Å². The number of ether oxygens (including phenoxy) is 1. The van der Waals surface area contributed by atoms with E-state index in [1.807, 2.05) is 6.92 Å². The maximum atomic E-state index is 5.34. The standard InChI is InChI=1S/C8H18N4O/c1-4-10-7(11-9)12-5-8(2,6-12)13-3/h4-6,9H2,1-3H3,(H,10,11). The van der Waals surface area contributed by atoms with E-state index in [-0.39, 0.29) is 5.60 Å². The molecule has 1 heterocycles. The van der Waals surface area contributed by atoms with E-state index in [9.17, 15) is 0 Å². The fourth-order valence-electron chi connectivity index (χ4n) is 1.43. The molecule has 0 atom stereocenters. The highest BCUT2D eigenvalue weighted by molar-refractivity contribution is 5.80. The summed E-state index contributed by atoms with van der Waals surface area (Å²) in [4.78, 5) is 6.28. The van der Waals surface area contributed by atoms with Crippen LogP contribution >= 0.6 is 0 Å². The van der Waals surface area contributed by atoms with Crippen molar-refractivity contribution in [3.05, 3.63) is 0 Å². The molecule has 0 aliphatic carbocycles. The monoisotopic (exact) mass is 186 g/mol. The lowest BCUT2D eigenvalue weighted by Gasteiger charge is -2.47. The van der Waals surface area contributed by atoms with E-state index in [0.29, 0.717) is 0 Å². The smallest absolute Gasteiger partial charge is 0.208 e. The number of guanidine groups is 1. The molecule has 13 heavy (non-hydrogen) atoms. The fraction of sp³-hybridized carbons (Fsp3) is 0.875. The molecule has 0 aromatic heterocycles. The Hall–Kier alpha value is -0.810. The highest BCUT2D eigenvalue weighted by atomic mass is 16.5. The van der Waals surface area contributed by atoms with E-state index in [1.165, 1.54) is 0 Å². The van der Waals surface area contributed by atoms with Gasteiger partial charge in [-0.1, -0.05) is 0 Å². The van der Waals surface area contributed by atoms with E-state index in [0.717, 1.165) is 25.6 Å². The highest BCUT2D eigenvalue weighted by Gasteiger charge is 2.40. The molecule has 5 heteroatoms. The van der Waals surface area contributed by atoms with Crippen molar-refractivity contribution in [3.8, 4) is 0 Å². The van der Waals surface area contributed by atoms with Crippen molar-refractivity contribution in [2.45, 2.75) is 19.4 Å². The number of aliphatic imine (C=N–C) groups is 1. The summed E-state index contributed by atoms with van der Waals surface area (Å²) in [5.41, 5.74) is 2.55. The number of methoxy groups -OCH3 is 1. The summed E-state index contributed by atoms with van der Waals surface area (Å²) in [6, 6.07) is 0. The Kier molecular flexibility index (Phi) is 3.11. The van der Waals surface area contributed by atoms with Crippen LogP contribution < -0.4 is 11.3 Å². The lowest BCUT2D eigenvalue weighted by atomic mass is 9.97. The Morgan fingerprint density at radius 3 is 2.69 bits per heavy atom. The lowest BCUT2D eigenvalue weighted by Crippen LogP contribution is -2.65. The van der Waals surface area contributed by atoms with Crippen molar-refractivity contribution < 1.29 is 4.74 Å². The Balaban J connectivity index is 2.45. The van der Waals surface area contributed by atoms with Crippen LogP contribution in [0.4, 0.5) is 0 Å². The van der Waals surface area contributed by atoms with Gasteiger partial charge in [-0.2, -0.15) is 0 Å². The van der Waals surface area contributed by atoms with Crippen molar-refractivity contribution in [1.29, 1.82) is 0 Å². The van der Waals surface area contributed by atoms with Crippen LogP contribution in [0.15, 0.2) is 4.99 Å². The zero-order valence-electron chi connectivity index (χ0n) is 8.50. The minimum Gasteiger partial charge on any atom is -0.375 e. The van der Waals surface area contributed by atoms with Crippen molar-refractivity contribution in [2.75, 3.05) is 26.7 Å². The SMILES string of the molecule is CCN=C(NN)N1CC(C)(OC)C1. The van der Waals surface area contributed by atoms with Gasteiger partial charge in [-0.3, -0.25) is 10.4 Å². The number of hydrogen-bond donors (Lipinski definition) is 2. The fourth-order valence-corrected chi connectivity index (χ4v) is 1.43. The summed E-state index contributed by atoms with van der Waals surface area (Å²) in [5, 5.41) is 0. The van der Waals surface area contributed by atoms with E-state index < -0.39 is 0 Å². The minimum atomic E-state index is -0.0363. The first kappa shape index (κ1) is 10.3. The molecule has 0 aromatic carbocycles. The number of rotatable bonds is 2. The van der Waals surface area contributed by atoms with Gasteiger partial charge in [0, 0.05) is 13.7 Å². The summed E-state index contributed by atoms with van der Waals surface area (Å²) >= 11 is 0. The minimum absolute atomic E-state index is 0.0363. The Labute approximate surface area is 78.9 Å². The van der Waals surface area contributed by atoms with E-state index in [2.05, 4.69) is 22.2 Å². The molecule has 1 fully saturated rings. The second-order valence-electron chi connectivity index (χ2n) is 3.45. The van der Waals surface area contributed by atoms with Gasteiger partial charge < -0.3 is 9.64 Å². The lowest BCUT2D eigenvalue weighted by molar-refractivity contribution is -0.0840. The van der Waals surface area contributed by atoms with Gasteiger partial charge in [0.2, 0.25) is 5.96 Å². The van der Waals surface area contributed by atoms with Gasteiger partial charge in [-0.15, -0.1) is 0 Å². The van der Waals surface area contributed by atoms with Crippen molar-refractivity contribution in [3.63, 3.8) is 0 Å². The first-order valence-electron chi connectivity index (χ1n) is 4.46. The van der Waals surface area contributed by atoms with Crippen molar-refractivity contribution >= 4 is 5.96 Å². The predicted octanol–water partition coefficient (Wildman–Crippen LogP) is -0.454. The molecular weight excluding hydrogens is 168 g/mol. The molecule has 0 radical (unpaired) electrons. The molecule has 1 rings (SSSR count). The molecule has 3 N–H and O–H groups in total. The molecule has 1 saturated heterocycles. The molecular formula is C8H18N4O. The maximum Gasteiger partial charge on any atom is 0.208 e. The zero-order chi connectivity index (χ0) is 9.90. The molecule has 0 amide bonds. The van der Waals surface area contributed by atoms with Crippen LogP contribution in [0.25, 0.3) is 0 Å². The average molecular weight is 186 g/mol. The molecule has 0 saturated carbocycles. The van der Waals surface area contributed by atoms with Crippen LogP contribution in [0.3, 0.4) is 0 Å². The quantitative estimate of drug-likeness (QED) is 0.265. The Morgan fingerprint density at radius 2 is 2.31 bits per heavy atom. The third-order valence-corrected chi connectivity index (χ3v) is 2.28. The van der Waals surface area contributed by atoms with Gasteiger partial charge >= 0.3 is 0 Å². The second kappa shape index (κ2) is 3.93. The summed E-state index contributed by atoms with van der Waals surface area (Å²) in [7, 11) is 1.73. The van der Waals surface area contributed by atoms with Crippen LogP contribution in [0.1, 0.15) is 13.8 Å². The third-order valence-electron chi connectivity index (χ3n) is 2.28. The number of nitrogens with one attached hydrogen (secondary N) is 1. The molecule has 1 aliphatic rings. The third kappa shape index (κ3) is 2.10. The van der Waals surface area contributed by atoms with E-state index >= 15 is 0 Å². The number of hydrogen-bond acceptors (Lipinski definition) is 3. The van der Waals surface area contributed by atoms with Gasteiger partial charge in [-0.25, -0.2) is 5.84 Å². The topological polar surface area (TPSA) is 62.9 Å². The molecule has 0 bridgehead atoms. The maximum absolute atomic E-state index is 5.34. The van der Waals surface area contributed by atoms with E-state index in [4.69, 9.17) is 10.6 Å². The number of hydrazine groups is 1. The summed E-state index contributed by atoms with van der Waals surface area (Å²) in [6.07, 6.45) is 0. The Bertz CT molecular complexity index is 198. The molecule has 5 nitrogen and oxygen atoms in total. The van der Waals surface area contributed by atoms with Crippen LogP contribution in [-0.2, 0) is 4.74 Å². The molecule has 0 unspecified atom stereocenters. The number of likely N-dealkylation sites (tertiary alicyclic amines) is 1. The van der Waals surface area contributed by atoms with Crippen LogP contribution in [0, 0.1) is 0 Å². The molecule has 76 valence electrons. The first-order chi connectivity index (χ1) is 6.15. The van der Waals surface area contributed by atoms with Gasteiger partial charge in [0.05, 0.1) is 13.1 Å². The number of nitrogens with two attached hydrogens (primary N) is 1. The average Bonchev–Trinajstić information content (AvgIpc) is 2.09. The number of nitrogens with zero attached hydrogens (tertiary/aromatic N) is 2. The Morgan fingerprint density at radius 1 is 1.69 bits per heavy atom. The summed E-state index contributed by atoms with van der Waals surface area (Å²) < 4.78 is 5.31. The second-order valence-corrected chi connectivity index (χ2v) is 3.45. The summed E-state index contributed by atoms with van der Waals surface area (Å²) in [6.45, 7) is 6.47. The van der Waals surface area contributed by atoms with Crippen LogP contribution in [-0.4, -0.2) is 43.2 Å². The van der Waals surface area contributed by atoms with Crippen molar-refractivity contribution in [2.24, 2.45) is 10.8 Å². The zero-order valence-corrected chi connectivity index (χ0v) is 8.50. The van der Waals surface area contributed by atoms with Crippen LogP contribution in [0.5, 0.6) is 0 Å². The van der Waals surface area contributed by atoms with Gasteiger partial charge in [0.15, 0.2) is 0 Å². The van der Waals surface area contributed by atoms with Crippen molar-refractivity contribution in [1.82, 2.24) is 10.3 Å².